The van der Waals surface area contributed by atoms with Crippen molar-refractivity contribution in [1.29, 1.82) is 0 Å². The number of nitrogens with two attached hydrogens (primary N) is 1. The Bertz CT molecular complexity index is 475. The molecule has 1 aromatic carbocycles. The lowest BCUT2D eigenvalue weighted by atomic mass is 10.1. The van der Waals surface area contributed by atoms with E-state index in [9.17, 15) is 0 Å². The molecule has 0 aliphatic heterocycles. The molecule has 2 rings (SSSR count). The monoisotopic (exact) mass is 188 g/mol. The molecule has 0 bridgehead atoms. The average molecular weight is 188 g/mol. The molecule has 3 heteroatoms. The van der Waals surface area contributed by atoms with Crippen molar-refractivity contribution in [3.8, 4) is 5.75 Å². The summed E-state index contributed by atoms with van der Waals surface area (Å²) in [6, 6.07) is 7.75. The van der Waals surface area contributed by atoms with Crippen LogP contribution in [0.4, 0.5) is 5.82 Å². The van der Waals surface area contributed by atoms with Crippen LogP contribution in [0, 0.1) is 6.92 Å². The van der Waals surface area contributed by atoms with Crippen LogP contribution in [0.5, 0.6) is 5.75 Å². The summed E-state index contributed by atoms with van der Waals surface area (Å²) in [4.78, 5) is 4.24. The molecule has 3 nitrogen and oxygen atoms in total. The number of hydrogen-bond acceptors (Lipinski definition) is 3. The SMILES string of the molecule is COc1cc(N)nc2cc(C)ccc12. The van der Waals surface area contributed by atoms with Crippen LogP contribution in [-0.2, 0) is 0 Å². The fraction of sp³-hybridized carbons (Fsp3) is 0.182. The average Bonchev–Trinajstić information content (AvgIpc) is 2.15. The molecule has 1 aromatic heterocycles. The van der Waals surface area contributed by atoms with Crippen molar-refractivity contribution in [2.24, 2.45) is 0 Å². The van der Waals surface area contributed by atoms with Gasteiger partial charge in [-0.15, -0.1) is 0 Å². The van der Waals surface area contributed by atoms with Gasteiger partial charge in [0, 0.05) is 11.5 Å². The van der Waals surface area contributed by atoms with Crippen LogP contribution in [-0.4, -0.2) is 12.1 Å². The smallest absolute Gasteiger partial charge is 0.131 e. The number of rotatable bonds is 1. The highest BCUT2D eigenvalue weighted by atomic mass is 16.5. The van der Waals surface area contributed by atoms with Crippen LogP contribution in [0.25, 0.3) is 10.9 Å². The molecule has 0 aliphatic rings. The Morgan fingerprint density at radius 3 is 2.79 bits per heavy atom. The second-order valence-corrected chi connectivity index (χ2v) is 3.27. The first kappa shape index (κ1) is 8.81. The number of nitrogens with zero attached hydrogens (tertiary/aromatic N) is 1. The molecular weight excluding hydrogens is 176 g/mol. The molecule has 0 saturated heterocycles. The molecule has 0 unspecified atom stereocenters. The van der Waals surface area contributed by atoms with Crippen LogP contribution >= 0.6 is 0 Å². The maximum atomic E-state index is 5.66. The first-order valence-corrected chi connectivity index (χ1v) is 4.41. The van der Waals surface area contributed by atoms with Gasteiger partial charge in [0.05, 0.1) is 12.6 Å². The van der Waals surface area contributed by atoms with E-state index in [-0.39, 0.29) is 0 Å². The van der Waals surface area contributed by atoms with E-state index in [1.165, 1.54) is 0 Å². The van der Waals surface area contributed by atoms with Crippen molar-refractivity contribution >= 4 is 16.7 Å². The Morgan fingerprint density at radius 2 is 2.07 bits per heavy atom. The van der Waals surface area contributed by atoms with E-state index in [4.69, 9.17) is 10.5 Å². The van der Waals surface area contributed by atoms with Gasteiger partial charge in [-0.2, -0.15) is 0 Å². The highest BCUT2D eigenvalue weighted by molar-refractivity contribution is 5.87. The Morgan fingerprint density at radius 1 is 1.29 bits per heavy atom. The summed E-state index contributed by atoms with van der Waals surface area (Å²) in [6.07, 6.45) is 0. The quantitative estimate of drug-likeness (QED) is 0.745. The molecule has 2 N–H and O–H groups in total. The minimum absolute atomic E-state index is 0.486. The van der Waals surface area contributed by atoms with E-state index in [0.29, 0.717) is 5.82 Å². The maximum Gasteiger partial charge on any atom is 0.131 e. The lowest BCUT2D eigenvalue weighted by Crippen LogP contribution is -1.94. The van der Waals surface area contributed by atoms with Gasteiger partial charge in [-0.1, -0.05) is 6.07 Å². The standard InChI is InChI=1S/C11H12N2O/c1-7-3-4-8-9(5-7)13-11(12)6-10(8)14-2/h3-6H,1-2H3,(H2,12,13). The molecule has 72 valence electrons. The summed E-state index contributed by atoms with van der Waals surface area (Å²) in [7, 11) is 1.63. The fourth-order valence-corrected chi connectivity index (χ4v) is 1.49. The Kier molecular flexibility index (Phi) is 2.00. The predicted octanol–water partition coefficient (Wildman–Crippen LogP) is 2.13. The zero-order chi connectivity index (χ0) is 10.1. The van der Waals surface area contributed by atoms with Crippen LogP contribution in [0.2, 0.25) is 0 Å². The molecule has 0 saturated carbocycles. The second-order valence-electron chi connectivity index (χ2n) is 3.27. The van der Waals surface area contributed by atoms with Gasteiger partial charge < -0.3 is 10.5 Å². The topological polar surface area (TPSA) is 48.1 Å². The number of pyridine rings is 1. The number of methoxy groups -OCH3 is 1. The van der Waals surface area contributed by atoms with Gasteiger partial charge in [0.1, 0.15) is 11.6 Å². The summed E-state index contributed by atoms with van der Waals surface area (Å²) >= 11 is 0. The van der Waals surface area contributed by atoms with Crippen LogP contribution in [0.1, 0.15) is 5.56 Å². The first-order valence-electron chi connectivity index (χ1n) is 4.41. The molecule has 0 amide bonds. The molecule has 0 atom stereocenters. The van der Waals surface area contributed by atoms with E-state index in [1.807, 2.05) is 25.1 Å². The number of aryl methyl sites for hydroxylation is 1. The third kappa shape index (κ3) is 1.37. The van der Waals surface area contributed by atoms with Gasteiger partial charge >= 0.3 is 0 Å². The normalized spacial score (nSPS) is 10.4. The van der Waals surface area contributed by atoms with Gasteiger partial charge in [0.15, 0.2) is 0 Å². The van der Waals surface area contributed by atoms with Crippen molar-refractivity contribution in [2.45, 2.75) is 6.92 Å². The molecule has 0 radical (unpaired) electrons. The van der Waals surface area contributed by atoms with Crippen LogP contribution < -0.4 is 10.5 Å². The third-order valence-corrected chi connectivity index (χ3v) is 2.17. The second kappa shape index (κ2) is 3.18. The summed E-state index contributed by atoms with van der Waals surface area (Å²) in [5.74, 6) is 1.26. The first-order chi connectivity index (χ1) is 6.70. The highest BCUT2D eigenvalue weighted by Gasteiger charge is 2.03. The number of fused-ring (bicyclic) bond motifs is 1. The lowest BCUT2D eigenvalue weighted by molar-refractivity contribution is 0.420. The van der Waals surface area contributed by atoms with Gasteiger partial charge in [-0.3, -0.25) is 0 Å². The van der Waals surface area contributed by atoms with Crippen LogP contribution in [0.3, 0.4) is 0 Å². The molecule has 0 aliphatic carbocycles. The number of benzene rings is 1. The van der Waals surface area contributed by atoms with Gasteiger partial charge in [0.25, 0.3) is 0 Å². The summed E-state index contributed by atoms with van der Waals surface area (Å²) in [6.45, 7) is 2.02. The third-order valence-electron chi connectivity index (χ3n) is 2.17. The summed E-state index contributed by atoms with van der Waals surface area (Å²) in [5, 5.41) is 0.993. The molecule has 0 spiro atoms. The van der Waals surface area contributed by atoms with Crippen molar-refractivity contribution in [3.05, 3.63) is 29.8 Å². The molecule has 14 heavy (non-hydrogen) atoms. The summed E-state index contributed by atoms with van der Waals surface area (Å²) < 4.78 is 5.23. The van der Waals surface area contributed by atoms with Crippen LogP contribution in [0.15, 0.2) is 24.3 Å². The van der Waals surface area contributed by atoms with E-state index >= 15 is 0 Å². The Hall–Kier alpha value is -1.77. The molecule has 1 heterocycles. The van der Waals surface area contributed by atoms with E-state index < -0.39 is 0 Å². The number of aromatic nitrogens is 1. The zero-order valence-corrected chi connectivity index (χ0v) is 8.24. The molecule has 2 aromatic rings. The van der Waals surface area contributed by atoms with Crippen molar-refractivity contribution in [3.63, 3.8) is 0 Å². The maximum absolute atomic E-state index is 5.66. The predicted molar refractivity (Wildman–Crippen MR) is 57.4 cm³/mol. The number of ether oxygens (including phenoxy) is 1. The van der Waals surface area contributed by atoms with E-state index in [1.54, 1.807) is 13.2 Å². The number of hydrogen-bond donors (Lipinski definition) is 1. The highest BCUT2D eigenvalue weighted by Crippen LogP contribution is 2.26. The largest absolute Gasteiger partial charge is 0.496 e. The van der Waals surface area contributed by atoms with Crippen molar-refractivity contribution < 1.29 is 4.74 Å². The molecular formula is C11H12N2O. The molecule has 0 fully saturated rings. The summed E-state index contributed by atoms with van der Waals surface area (Å²) in [5.41, 5.74) is 7.70. The Labute approximate surface area is 82.5 Å². The minimum Gasteiger partial charge on any atom is -0.496 e. The number of anilines is 1. The van der Waals surface area contributed by atoms with E-state index in [2.05, 4.69) is 4.98 Å². The van der Waals surface area contributed by atoms with Crippen molar-refractivity contribution in [1.82, 2.24) is 4.98 Å². The van der Waals surface area contributed by atoms with Gasteiger partial charge in [0.2, 0.25) is 0 Å². The van der Waals surface area contributed by atoms with Gasteiger partial charge in [-0.25, -0.2) is 4.98 Å². The lowest BCUT2D eigenvalue weighted by Gasteiger charge is -2.06. The zero-order valence-electron chi connectivity index (χ0n) is 8.24. The minimum atomic E-state index is 0.486. The van der Waals surface area contributed by atoms with E-state index in [0.717, 1.165) is 22.2 Å². The van der Waals surface area contributed by atoms with Gasteiger partial charge in [-0.05, 0) is 24.6 Å². The number of nitrogen functional groups attached to an aromatic ring is 1. The fourth-order valence-electron chi connectivity index (χ4n) is 1.49. The van der Waals surface area contributed by atoms with Crippen molar-refractivity contribution in [2.75, 3.05) is 12.8 Å². The Balaban J connectivity index is 2.81.